The zero-order chi connectivity index (χ0) is 16.4. The molecule has 0 unspecified atom stereocenters. The summed E-state index contributed by atoms with van der Waals surface area (Å²) in [6.45, 7) is 24.0. The molecule has 0 N–H and O–H groups in total. The fraction of sp³-hybridized carbons (Fsp3) is 0.462. The third kappa shape index (κ3) is 353000. The Morgan fingerprint density at radius 1 is 1.00 bits per heavy atom. The van der Waals surface area contributed by atoms with Crippen molar-refractivity contribution >= 4 is 8.80 Å². The molecule has 0 rings (SSSR count). The van der Waals surface area contributed by atoms with Crippen LogP contribution in [0, 0.1) is 42.4 Å². The quantitative estimate of drug-likeness (QED) is 0.404. The molecule has 0 fully saturated rings. The average Bonchev–Trinajstić information content (AvgIpc) is 2.35. The first-order chi connectivity index (χ1) is 8.47. The normalized spacial score (nSPS) is 4.26. The molecular weight excluding hydrogens is 340 g/mol. The van der Waals surface area contributed by atoms with Crippen molar-refractivity contribution < 1.29 is 30.4 Å². The Labute approximate surface area is 134 Å². The first-order valence-corrected chi connectivity index (χ1v) is 7.67. The fourth-order valence-electron chi connectivity index (χ4n) is 0. The number of rotatable bonds is 1. The standard InChI is InChI=1S/C4H7.C3H9Si.2C2H3N.2CO.Mo/c1-3-4-2;1-4(2)3;2*1-2-3;2*1-2;/h3-4H,1H2,2H3;1-3H3;2*1H3;;;. The van der Waals surface area contributed by atoms with Gasteiger partial charge in [-0.05, 0) is 6.42 Å². The van der Waals surface area contributed by atoms with Crippen molar-refractivity contribution in [1.82, 2.24) is 0 Å². The van der Waals surface area contributed by atoms with E-state index < -0.39 is 0 Å². The molecule has 0 amide bonds. The summed E-state index contributed by atoms with van der Waals surface area (Å²) in [6, 6.07) is 3.50. The molecule has 6 heteroatoms. The van der Waals surface area contributed by atoms with Crippen LogP contribution in [-0.4, -0.2) is 8.80 Å². The van der Waals surface area contributed by atoms with Crippen LogP contribution < -0.4 is 0 Å². The molecule has 0 saturated heterocycles. The molecule has 0 aliphatic carbocycles. The molecule has 0 bridgehead atoms. The first kappa shape index (κ1) is 43.0. The van der Waals surface area contributed by atoms with E-state index in [4.69, 9.17) is 19.8 Å². The molecule has 0 aliphatic heterocycles. The maximum Gasteiger partial charge on any atom is 0 e. The van der Waals surface area contributed by atoms with Gasteiger partial charge in [-0.1, -0.05) is 32.6 Å². The van der Waals surface area contributed by atoms with Crippen LogP contribution in [0.2, 0.25) is 19.6 Å². The van der Waals surface area contributed by atoms with Gasteiger partial charge >= 0.3 is 22.6 Å². The molecule has 0 aliphatic rings. The fourth-order valence-corrected chi connectivity index (χ4v) is 0. The van der Waals surface area contributed by atoms with Crippen molar-refractivity contribution in [2.45, 2.75) is 40.4 Å². The van der Waals surface area contributed by atoms with Gasteiger partial charge in [0.25, 0.3) is 0 Å². The van der Waals surface area contributed by atoms with Gasteiger partial charge in [0, 0.05) is 43.7 Å². The smallest absolute Gasteiger partial charge is 0 e. The van der Waals surface area contributed by atoms with Crippen molar-refractivity contribution in [3.8, 4) is 12.1 Å². The third-order valence-corrected chi connectivity index (χ3v) is 0.236. The van der Waals surface area contributed by atoms with Gasteiger partial charge in [0.1, 0.15) is 0 Å². The number of allylic oxidation sites excluding steroid dienone is 1. The Morgan fingerprint density at radius 2 is 1.05 bits per heavy atom. The Kier molecular flexibility index (Phi) is 269. The maximum atomic E-state index is 7.50. The SMILES string of the molecule is C=C[CH]C.CC#N.CC#N.C[Si](C)C.[C-]#[O+].[C-]#[O+].[Mo]. The third-order valence-electron chi connectivity index (χ3n) is 0.236. The largest absolute Gasteiger partial charge is 0 e. The average molecular weight is 362 g/mol. The minimum Gasteiger partial charge on any atom is 0 e. The van der Waals surface area contributed by atoms with E-state index in [1.807, 2.05) is 13.3 Å². The van der Waals surface area contributed by atoms with E-state index in [0.29, 0.717) is 0 Å². The molecule has 2 radical (unpaired) electrons. The zero-order valence-electron chi connectivity index (χ0n) is 12.5. The van der Waals surface area contributed by atoms with Crippen LogP contribution in [0.1, 0.15) is 20.8 Å². The van der Waals surface area contributed by atoms with Crippen LogP contribution >= 0.6 is 0 Å². The second kappa shape index (κ2) is 119. The minimum absolute atomic E-state index is 0. The van der Waals surface area contributed by atoms with Crippen LogP contribution in [-0.2, 0) is 30.4 Å². The maximum absolute atomic E-state index is 7.50. The van der Waals surface area contributed by atoms with Gasteiger partial charge in [0.15, 0.2) is 0 Å². The van der Waals surface area contributed by atoms with E-state index in [9.17, 15) is 0 Å². The Bertz CT molecular complexity index is 208. The van der Waals surface area contributed by atoms with Crippen LogP contribution in [0.15, 0.2) is 12.7 Å². The monoisotopic (exact) mass is 364 g/mol. The molecule has 19 heavy (non-hydrogen) atoms. The Balaban J connectivity index is -0.0000000184. The number of nitrogens with zero attached hydrogens (tertiary/aromatic N) is 2. The molecule has 0 heterocycles. The van der Waals surface area contributed by atoms with Gasteiger partial charge < -0.3 is 0 Å². The molecule has 4 nitrogen and oxygen atoms in total. The summed E-state index contributed by atoms with van der Waals surface area (Å²) in [5.74, 6) is 0. The predicted molar refractivity (Wildman–Crippen MR) is 74.0 cm³/mol. The van der Waals surface area contributed by atoms with E-state index in [2.05, 4.69) is 39.5 Å². The van der Waals surface area contributed by atoms with E-state index in [1.165, 1.54) is 13.8 Å². The summed E-state index contributed by atoms with van der Waals surface area (Å²) in [5, 5.41) is 14.6. The minimum atomic E-state index is 0. The summed E-state index contributed by atoms with van der Waals surface area (Å²) >= 11 is 0. The Hall–Kier alpha value is -0.895. The van der Waals surface area contributed by atoms with Crippen LogP contribution in [0.3, 0.4) is 0 Å². The van der Waals surface area contributed by atoms with Gasteiger partial charge in [-0.15, -0.1) is 6.58 Å². The topological polar surface area (TPSA) is 87.4 Å². The Morgan fingerprint density at radius 3 is 1.05 bits per heavy atom. The molecule has 0 saturated carbocycles. The van der Waals surface area contributed by atoms with Crippen LogP contribution in [0.4, 0.5) is 0 Å². The molecule has 0 aromatic carbocycles. The molecule has 0 spiro atoms. The summed E-state index contributed by atoms with van der Waals surface area (Å²) in [6.07, 6.45) is 3.64. The summed E-state index contributed by atoms with van der Waals surface area (Å²) < 4.78 is 15.0. The van der Waals surface area contributed by atoms with Crippen molar-refractivity contribution in [2.24, 2.45) is 0 Å². The first-order valence-electron chi connectivity index (χ1n) is 4.67. The second-order valence-corrected chi connectivity index (χ2v) is 5.52. The predicted octanol–water partition coefficient (Wildman–Crippen LogP) is 3.75. The number of nitriles is 2. The molecule has 106 valence electrons. The molecule has 0 aromatic rings. The second-order valence-electron chi connectivity index (χ2n) is 2.52. The zero-order valence-corrected chi connectivity index (χ0v) is 15.5. The number of hydrogen-bond donors (Lipinski definition) is 0. The van der Waals surface area contributed by atoms with Crippen LogP contribution in [0.25, 0.3) is 0 Å². The summed E-state index contributed by atoms with van der Waals surface area (Å²) in [5.41, 5.74) is 0. The van der Waals surface area contributed by atoms with E-state index in [1.54, 1.807) is 18.2 Å². The van der Waals surface area contributed by atoms with Gasteiger partial charge in [-0.25, -0.2) is 0 Å². The van der Waals surface area contributed by atoms with Gasteiger partial charge in [-0.2, -0.15) is 10.5 Å². The van der Waals surface area contributed by atoms with E-state index in [0.717, 1.165) is 0 Å². The molecule has 0 aromatic heterocycles. The summed E-state index contributed by atoms with van der Waals surface area (Å²) in [4.78, 5) is 0. The van der Waals surface area contributed by atoms with Gasteiger partial charge in [-0.3, -0.25) is 0 Å². The van der Waals surface area contributed by atoms with E-state index in [-0.39, 0.29) is 29.9 Å². The summed E-state index contributed by atoms with van der Waals surface area (Å²) in [7, 11) is 0.120. The molecule has 0 atom stereocenters. The van der Waals surface area contributed by atoms with Gasteiger partial charge in [0.05, 0.1) is 12.1 Å². The van der Waals surface area contributed by atoms with Crippen LogP contribution in [0.5, 0.6) is 0 Å². The van der Waals surface area contributed by atoms with Crippen molar-refractivity contribution in [2.75, 3.05) is 0 Å². The van der Waals surface area contributed by atoms with Crippen molar-refractivity contribution in [3.63, 3.8) is 0 Å². The molecular formula is C13H22MoN2O2Si. The van der Waals surface area contributed by atoms with E-state index >= 15 is 0 Å². The van der Waals surface area contributed by atoms with Crippen molar-refractivity contribution in [1.29, 1.82) is 10.5 Å². The number of hydrogen-bond acceptors (Lipinski definition) is 2. The van der Waals surface area contributed by atoms with Gasteiger partial charge in [0.2, 0.25) is 0 Å². The van der Waals surface area contributed by atoms with Crippen molar-refractivity contribution in [3.05, 3.63) is 32.4 Å².